The smallest absolute Gasteiger partial charge is 0.0110 e. The Hall–Kier alpha value is 0.860. The van der Waals surface area contributed by atoms with Crippen LogP contribution in [0.25, 0.3) is 0 Å². The van der Waals surface area contributed by atoms with E-state index in [0.717, 1.165) is 93.7 Å². The fourth-order valence-corrected chi connectivity index (χ4v) is 23.5. The van der Waals surface area contributed by atoms with Gasteiger partial charge in [0.15, 0.2) is 0 Å². The van der Waals surface area contributed by atoms with Gasteiger partial charge in [0.1, 0.15) is 0 Å². The van der Waals surface area contributed by atoms with E-state index in [4.69, 9.17) is 0 Å². The normalized spacial score (nSPS) is 43.0. The van der Waals surface area contributed by atoms with Crippen LogP contribution in [0.15, 0.2) is 0 Å². The van der Waals surface area contributed by atoms with E-state index in [1.165, 1.54) is 51.4 Å². The van der Waals surface area contributed by atoms with Gasteiger partial charge in [-0.25, -0.2) is 0 Å². The summed E-state index contributed by atoms with van der Waals surface area (Å²) in [6, 6.07) is 0. The Balaban J connectivity index is 1.83. The van der Waals surface area contributed by atoms with Crippen molar-refractivity contribution in [1.29, 1.82) is 0 Å². The second kappa shape index (κ2) is 16.3. The van der Waals surface area contributed by atoms with Gasteiger partial charge in [-0.05, 0) is 151 Å². The molecule has 43 heavy (non-hydrogen) atoms. The minimum absolute atomic E-state index is 0.0409. The molecule has 4 saturated carbocycles. The molecule has 0 nitrogen and oxygen atoms in total. The highest BCUT2D eigenvalue weighted by molar-refractivity contribution is 7.76. The maximum atomic E-state index is 2.64. The lowest BCUT2D eigenvalue weighted by Crippen LogP contribution is -2.42. The zero-order valence-corrected chi connectivity index (χ0v) is 33.1. The van der Waals surface area contributed by atoms with Crippen LogP contribution in [0.5, 0.6) is 0 Å². The highest BCUT2D eigenvalue weighted by atomic mass is 31.2. The van der Waals surface area contributed by atoms with Crippen molar-refractivity contribution in [2.24, 2.45) is 71.0 Å². The van der Waals surface area contributed by atoms with Gasteiger partial charge < -0.3 is 0 Å². The monoisotopic (exact) mass is 633 g/mol. The second-order valence-corrected chi connectivity index (χ2v) is 24.6. The van der Waals surface area contributed by atoms with E-state index in [2.05, 4.69) is 83.1 Å². The number of hydrogen-bond acceptors (Lipinski definition) is 0. The van der Waals surface area contributed by atoms with E-state index in [1.54, 1.807) is 31.6 Å². The van der Waals surface area contributed by atoms with Crippen molar-refractivity contribution in [2.45, 2.75) is 183 Å². The quantitative estimate of drug-likeness (QED) is 0.210. The van der Waals surface area contributed by atoms with Crippen LogP contribution in [0.4, 0.5) is 0 Å². The summed E-state index contributed by atoms with van der Waals surface area (Å²) in [5.41, 5.74) is 4.16. The fraction of sp³-hybridized carbons (Fsp3) is 1.00. The molecule has 0 spiro atoms. The van der Waals surface area contributed by atoms with Gasteiger partial charge in [0, 0.05) is 0 Å². The van der Waals surface area contributed by atoms with Crippen LogP contribution < -0.4 is 0 Å². The first kappa shape index (κ1) is 36.7. The van der Waals surface area contributed by atoms with Gasteiger partial charge in [-0.2, -0.15) is 0 Å². The van der Waals surface area contributed by atoms with E-state index in [1.807, 2.05) is 0 Å². The second-order valence-electron chi connectivity index (χ2n) is 18.7. The maximum absolute atomic E-state index is 2.64. The minimum Gasteiger partial charge on any atom is -0.0953 e. The highest BCUT2D eigenvalue weighted by Gasteiger charge is 2.49. The maximum Gasteiger partial charge on any atom is -0.0110 e. The first-order chi connectivity index (χ1) is 20.3. The zero-order valence-electron chi connectivity index (χ0n) is 31.3. The molecule has 12 atom stereocenters. The SMILES string of the molecule is CC1CCC(C(C)C)C(P(CP(C2CC(C)CCC2C(C)C)C2CC(C)CCC2C(C)C)C2CC(C)CCC2C(C)C)C1. The third-order valence-corrected chi connectivity index (χ3v) is 22.4. The molecule has 0 amide bonds. The van der Waals surface area contributed by atoms with Crippen molar-refractivity contribution in [2.75, 3.05) is 5.90 Å². The fourth-order valence-electron chi connectivity index (χ4n) is 11.2. The molecule has 4 aliphatic carbocycles. The number of hydrogen-bond donors (Lipinski definition) is 0. The Morgan fingerprint density at radius 1 is 0.372 bits per heavy atom. The molecule has 0 radical (unpaired) electrons. The molecule has 0 aromatic rings. The van der Waals surface area contributed by atoms with Crippen molar-refractivity contribution < 1.29 is 0 Å². The molecular weight excluding hydrogens is 554 g/mol. The van der Waals surface area contributed by atoms with E-state index < -0.39 is 0 Å². The molecule has 4 fully saturated rings. The van der Waals surface area contributed by atoms with Crippen LogP contribution >= 0.6 is 15.8 Å². The third-order valence-electron chi connectivity index (χ3n) is 14.0. The predicted molar refractivity (Wildman–Crippen MR) is 199 cm³/mol. The van der Waals surface area contributed by atoms with Gasteiger partial charge in [-0.15, -0.1) is 0 Å². The summed E-state index contributed by atoms with van der Waals surface area (Å²) < 4.78 is 0. The van der Waals surface area contributed by atoms with Crippen molar-refractivity contribution in [3.63, 3.8) is 0 Å². The summed E-state index contributed by atoms with van der Waals surface area (Å²) in [5.74, 6) is 12.9. The molecule has 0 saturated heterocycles. The Morgan fingerprint density at radius 2 is 0.581 bits per heavy atom. The van der Waals surface area contributed by atoms with Gasteiger partial charge in [-0.1, -0.05) is 125 Å². The molecule has 252 valence electrons. The third kappa shape index (κ3) is 9.06. The molecule has 0 aromatic carbocycles. The Kier molecular flexibility index (Phi) is 13.9. The van der Waals surface area contributed by atoms with Gasteiger partial charge >= 0.3 is 0 Å². The van der Waals surface area contributed by atoms with Crippen molar-refractivity contribution in [3.8, 4) is 0 Å². The van der Waals surface area contributed by atoms with E-state index in [-0.39, 0.29) is 15.8 Å². The van der Waals surface area contributed by atoms with Gasteiger partial charge in [-0.3, -0.25) is 0 Å². The summed E-state index contributed by atoms with van der Waals surface area (Å²) >= 11 is 0. The van der Waals surface area contributed by atoms with E-state index >= 15 is 0 Å². The molecule has 4 aliphatic rings. The summed E-state index contributed by atoms with van der Waals surface area (Å²) in [7, 11) is 0.0818. The van der Waals surface area contributed by atoms with Gasteiger partial charge in [0.05, 0.1) is 0 Å². The van der Waals surface area contributed by atoms with Crippen LogP contribution in [-0.4, -0.2) is 28.5 Å². The molecule has 4 rings (SSSR count). The van der Waals surface area contributed by atoms with Crippen LogP contribution in [0.3, 0.4) is 0 Å². The first-order valence-electron chi connectivity index (χ1n) is 19.8. The molecule has 2 heteroatoms. The average Bonchev–Trinajstić information content (AvgIpc) is 2.92. The van der Waals surface area contributed by atoms with Crippen molar-refractivity contribution in [1.82, 2.24) is 0 Å². The largest absolute Gasteiger partial charge is 0.0953 e. The Labute approximate surface area is 274 Å². The van der Waals surface area contributed by atoms with Crippen molar-refractivity contribution in [3.05, 3.63) is 0 Å². The summed E-state index contributed by atoms with van der Waals surface area (Å²) in [6.45, 7) is 31.5. The minimum atomic E-state index is 0.0409. The Bertz CT molecular complexity index is 687. The highest BCUT2D eigenvalue weighted by Crippen LogP contribution is 2.72. The molecule has 0 aromatic heterocycles. The molecule has 0 aliphatic heterocycles. The van der Waals surface area contributed by atoms with Crippen molar-refractivity contribution >= 4 is 15.8 Å². The van der Waals surface area contributed by atoms with E-state index in [9.17, 15) is 0 Å². The standard InChI is InChI=1S/C41H78P2/c1-26(2)34-17-13-30(9)21-38(34)42(39-22-31(10)14-18-35(39)27(3)4)25-43(40-23-32(11)15-19-36(40)28(5)6)41-24-33(12)16-20-37(41)29(7)8/h26-41H,13-25H2,1-12H3. The molecule has 0 N–H and O–H groups in total. The Morgan fingerprint density at radius 3 is 0.767 bits per heavy atom. The summed E-state index contributed by atoms with van der Waals surface area (Å²) in [4.78, 5) is 0. The topological polar surface area (TPSA) is 0 Å². The number of rotatable bonds is 10. The van der Waals surface area contributed by atoms with Crippen LogP contribution in [-0.2, 0) is 0 Å². The van der Waals surface area contributed by atoms with Crippen LogP contribution in [0.1, 0.15) is 160 Å². The van der Waals surface area contributed by atoms with Gasteiger partial charge in [0.2, 0.25) is 0 Å². The zero-order chi connectivity index (χ0) is 31.6. The predicted octanol–water partition coefficient (Wildman–Crippen LogP) is 13.8. The average molecular weight is 633 g/mol. The van der Waals surface area contributed by atoms with Crippen LogP contribution in [0, 0.1) is 71.0 Å². The molecular formula is C41H78P2. The molecule has 0 bridgehead atoms. The van der Waals surface area contributed by atoms with E-state index in [0.29, 0.717) is 0 Å². The molecule has 12 unspecified atom stereocenters. The van der Waals surface area contributed by atoms with Crippen LogP contribution in [0.2, 0.25) is 0 Å². The summed E-state index contributed by atoms with van der Waals surface area (Å²) in [5, 5.41) is 0. The first-order valence-corrected chi connectivity index (χ1v) is 23.1. The molecule has 0 heterocycles. The lowest BCUT2D eigenvalue weighted by molar-refractivity contribution is 0.220. The lowest BCUT2D eigenvalue weighted by Gasteiger charge is -2.54. The van der Waals surface area contributed by atoms with Gasteiger partial charge in [0.25, 0.3) is 0 Å². The lowest BCUT2D eigenvalue weighted by atomic mass is 9.76. The summed E-state index contributed by atoms with van der Waals surface area (Å²) in [6.07, 6.45) is 18.4.